The van der Waals surface area contributed by atoms with Crippen LogP contribution in [0.5, 0.6) is 0 Å². The van der Waals surface area contributed by atoms with Gasteiger partial charge in [0.15, 0.2) is 5.82 Å². The molecule has 0 spiro atoms. The Labute approximate surface area is 126 Å². The van der Waals surface area contributed by atoms with Crippen molar-refractivity contribution in [1.29, 1.82) is 0 Å². The van der Waals surface area contributed by atoms with Gasteiger partial charge in [-0.2, -0.15) is 0 Å². The van der Waals surface area contributed by atoms with E-state index in [2.05, 4.69) is 10.5 Å². The molecule has 0 atom stereocenters. The summed E-state index contributed by atoms with van der Waals surface area (Å²) in [6.45, 7) is 5.46. The molecule has 0 saturated carbocycles. The Hall–Kier alpha value is -2.15. The summed E-state index contributed by atoms with van der Waals surface area (Å²) in [5, 5.41) is 8.15. The highest BCUT2D eigenvalue weighted by Gasteiger charge is 2.22. The summed E-state index contributed by atoms with van der Waals surface area (Å²) in [7, 11) is 0. The van der Waals surface area contributed by atoms with Crippen LogP contribution < -0.4 is 5.32 Å². The number of anilines is 1. The zero-order valence-corrected chi connectivity index (χ0v) is 12.9. The quantitative estimate of drug-likeness (QED) is 0.921. The second-order valence-electron chi connectivity index (χ2n) is 4.88. The molecule has 112 valence electrons. The van der Waals surface area contributed by atoms with Crippen LogP contribution in [0, 0.1) is 6.92 Å². The zero-order chi connectivity index (χ0) is 15.4. The van der Waals surface area contributed by atoms with Gasteiger partial charge in [0.1, 0.15) is 12.3 Å². The minimum absolute atomic E-state index is 0.0275. The second-order valence-corrected chi connectivity index (χ2v) is 5.82. The molecule has 2 amide bonds. The molecule has 0 aliphatic carbocycles. The second kappa shape index (κ2) is 6.53. The molecule has 2 heterocycles. The highest BCUT2D eigenvalue weighted by molar-refractivity contribution is 7.12. The van der Waals surface area contributed by atoms with E-state index in [0.717, 1.165) is 0 Å². The summed E-state index contributed by atoms with van der Waals surface area (Å²) in [6.07, 6.45) is 0. The van der Waals surface area contributed by atoms with Crippen LogP contribution in [0.4, 0.5) is 5.82 Å². The summed E-state index contributed by atoms with van der Waals surface area (Å²) in [6, 6.07) is 5.11. The minimum Gasteiger partial charge on any atom is -0.360 e. The van der Waals surface area contributed by atoms with E-state index in [1.54, 1.807) is 19.1 Å². The van der Waals surface area contributed by atoms with Gasteiger partial charge in [0, 0.05) is 12.1 Å². The zero-order valence-electron chi connectivity index (χ0n) is 12.1. The van der Waals surface area contributed by atoms with Crippen molar-refractivity contribution in [3.63, 3.8) is 0 Å². The smallest absolute Gasteiger partial charge is 0.264 e. The van der Waals surface area contributed by atoms with E-state index in [0.29, 0.717) is 16.5 Å². The molecule has 0 aliphatic rings. The minimum atomic E-state index is -0.304. The van der Waals surface area contributed by atoms with Crippen LogP contribution in [0.1, 0.15) is 29.3 Å². The van der Waals surface area contributed by atoms with Crippen LogP contribution in [0.2, 0.25) is 0 Å². The molecule has 0 unspecified atom stereocenters. The predicted octanol–water partition coefficient (Wildman–Crippen LogP) is 2.53. The molecule has 6 nitrogen and oxygen atoms in total. The Balaban J connectivity index is 2.02. The van der Waals surface area contributed by atoms with Gasteiger partial charge in [0.25, 0.3) is 5.91 Å². The van der Waals surface area contributed by atoms with E-state index in [1.807, 2.05) is 25.3 Å². The van der Waals surface area contributed by atoms with Gasteiger partial charge in [-0.15, -0.1) is 11.3 Å². The predicted molar refractivity (Wildman–Crippen MR) is 80.4 cm³/mol. The Morgan fingerprint density at radius 1 is 1.48 bits per heavy atom. The first-order valence-electron chi connectivity index (χ1n) is 6.55. The van der Waals surface area contributed by atoms with Gasteiger partial charge in [-0.25, -0.2) is 0 Å². The summed E-state index contributed by atoms with van der Waals surface area (Å²) in [4.78, 5) is 26.5. The maximum Gasteiger partial charge on any atom is 0.264 e. The van der Waals surface area contributed by atoms with Gasteiger partial charge in [-0.3, -0.25) is 9.59 Å². The molecule has 2 aromatic rings. The van der Waals surface area contributed by atoms with Gasteiger partial charge in [-0.1, -0.05) is 11.2 Å². The molecule has 1 N–H and O–H groups in total. The third-order valence-electron chi connectivity index (χ3n) is 2.83. The number of rotatable bonds is 5. The van der Waals surface area contributed by atoms with Gasteiger partial charge >= 0.3 is 0 Å². The summed E-state index contributed by atoms with van der Waals surface area (Å²) < 4.78 is 4.88. The lowest BCUT2D eigenvalue weighted by Crippen LogP contribution is -2.42. The number of thiophene rings is 1. The number of carbonyl (C=O) groups is 2. The number of nitrogens with one attached hydrogen (secondary N) is 1. The average Bonchev–Trinajstić information content (AvgIpc) is 3.06. The maximum atomic E-state index is 12.4. The molecule has 2 rings (SSSR count). The van der Waals surface area contributed by atoms with E-state index in [-0.39, 0.29) is 24.4 Å². The van der Waals surface area contributed by atoms with E-state index in [4.69, 9.17) is 4.52 Å². The lowest BCUT2D eigenvalue weighted by Gasteiger charge is -2.25. The van der Waals surface area contributed by atoms with Crippen molar-refractivity contribution in [2.45, 2.75) is 26.8 Å². The first-order chi connectivity index (χ1) is 9.97. The Kier molecular flexibility index (Phi) is 4.74. The first kappa shape index (κ1) is 15.2. The largest absolute Gasteiger partial charge is 0.360 e. The number of hydrogen-bond acceptors (Lipinski definition) is 5. The molecule has 21 heavy (non-hydrogen) atoms. The van der Waals surface area contributed by atoms with Crippen LogP contribution in [0.3, 0.4) is 0 Å². The molecule has 0 saturated heterocycles. The van der Waals surface area contributed by atoms with Gasteiger partial charge in [0.2, 0.25) is 5.91 Å². The lowest BCUT2D eigenvalue weighted by atomic mass is 10.2. The number of amides is 2. The van der Waals surface area contributed by atoms with Crippen molar-refractivity contribution >= 4 is 29.0 Å². The van der Waals surface area contributed by atoms with Crippen LogP contribution in [-0.2, 0) is 4.79 Å². The monoisotopic (exact) mass is 307 g/mol. The van der Waals surface area contributed by atoms with E-state index in [1.165, 1.54) is 16.2 Å². The number of nitrogens with zero attached hydrogens (tertiary/aromatic N) is 2. The molecule has 0 radical (unpaired) electrons. The molecule has 2 aromatic heterocycles. The first-order valence-corrected chi connectivity index (χ1v) is 7.43. The standard InChI is InChI=1S/C14H17N3O3S/c1-9(2)17(14(19)11-5-4-6-21-11)8-13(18)15-12-7-10(3)20-16-12/h4-7,9H,8H2,1-3H3,(H,15,16,18). The number of aryl methyl sites for hydroxylation is 1. The van der Waals surface area contributed by atoms with Crippen LogP contribution in [0.15, 0.2) is 28.1 Å². The SMILES string of the molecule is Cc1cc(NC(=O)CN(C(=O)c2cccs2)C(C)C)no1. The van der Waals surface area contributed by atoms with Gasteiger partial charge < -0.3 is 14.7 Å². The van der Waals surface area contributed by atoms with Gasteiger partial charge in [-0.05, 0) is 32.2 Å². The van der Waals surface area contributed by atoms with E-state index >= 15 is 0 Å². The fourth-order valence-electron chi connectivity index (χ4n) is 1.79. The molecular formula is C14H17N3O3S. The van der Waals surface area contributed by atoms with E-state index < -0.39 is 0 Å². The van der Waals surface area contributed by atoms with Crippen molar-refractivity contribution in [3.8, 4) is 0 Å². The van der Waals surface area contributed by atoms with Crippen molar-refractivity contribution in [2.75, 3.05) is 11.9 Å². The van der Waals surface area contributed by atoms with Crippen LogP contribution in [-0.4, -0.2) is 34.5 Å². The molecule has 0 aromatic carbocycles. The maximum absolute atomic E-state index is 12.4. The Bertz CT molecular complexity index is 619. The molecule has 0 fully saturated rings. The lowest BCUT2D eigenvalue weighted by molar-refractivity contribution is -0.117. The fourth-order valence-corrected chi connectivity index (χ4v) is 2.47. The van der Waals surface area contributed by atoms with Crippen molar-refractivity contribution < 1.29 is 14.1 Å². The van der Waals surface area contributed by atoms with Crippen molar-refractivity contribution in [2.24, 2.45) is 0 Å². The van der Waals surface area contributed by atoms with Crippen LogP contribution >= 0.6 is 11.3 Å². The molecule has 0 bridgehead atoms. The van der Waals surface area contributed by atoms with Crippen molar-refractivity contribution in [3.05, 3.63) is 34.2 Å². The summed E-state index contributed by atoms with van der Waals surface area (Å²) in [5.74, 6) is 0.513. The summed E-state index contributed by atoms with van der Waals surface area (Å²) >= 11 is 1.36. The van der Waals surface area contributed by atoms with Crippen LogP contribution in [0.25, 0.3) is 0 Å². The van der Waals surface area contributed by atoms with Crippen molar-refractivity contribution in [1.82, 2.24) is 10.1 Å². The summed E-state index contributed by atoms with van der Waals surface area (Å²) in [5.41, 5.74) is 0. The highest BCUT2D eigenvalue weighted by atomic mass is 32.1. The topological polar surface area (TPSA) is 75.4 Å². The molecule has 0 aliphatic heterocycles. The number of hydrogen-bond donors (Lipinski definition) is 1. The van der Waals surface area contributed by atoms with Gasteiger partial charge in [0.05, 0.1) is 4.88 Å². The number of aromatic nitrogens is 1. The molecule has 7 heteroatoms. The van der Waals surface area contributed by atoms with E-state index in [9.17, 15) is 9.59 Å². The fraction of sp³-hybridized carbons (Fsp3) is 0.357. The number of carbonyl (C=O) groups excluding carboxylic acids is 2. The Morgan fingerprint density at radius 2 is 2.24 bits per heavy atom. The average molecular weight is 307 g/mol. The Morgan fingerprint density at radius 3 is 2.76 bits per heavy atom. The third kappa shape index (κ3) is 3.91. The normalized spacial score (nSPS) is 10.7. The molecular weight excluding hydrogens is 290 g/mol. The highest BCUT2D eigenvalue weighted by Crippen LogP contribution is 2.14. The third-order valence-corrected chi connectivity index (χ3v) is 3.68.